The maximum absolute atomic E-state index is 12.3. The molecule has 0 saturated carbocycles. The molecule has 166 valence electrons. The van der Waals surface area contributed by atoms with Crippen molar-refractivity contribution in [1.82, 2.24) is 29.6 Å². The first-order valence-electron chi connectivity index (χ1n) is 10.4. The van der Waals surface area contributed by atoms with Crippen LogP contribution in [-0.4, -0.2) is 85.4 Å². The number of piperidine rings is 1. The minimum atomic E-state index is -3.11. The minimum absolute atomic E-state index is 0.139. The van der Waals surface area contributed by atoms with Crippen LogP contribution in [0.5, 0.6) is 0 Å². The van der Waals surface area contributed by atoms with E-state index >= 15 is 0 Å². The highest BCUT2D eigenvalue weighted by Crippen LogP contribution is 2.18. The van der Waals surface area contributed by atoms with E-state index in [-0.39, 0.29) is 17.8 Å². The summed E-state index contributed by atoms with van der Waals surface area (Å²) in [7, 11) is 2.89. The third-order valence-corrected chi connectivity index (χ3v) is 7.23. The Morgan fingerprint density at radius 2 is 2.03 bits per heavy atom. The van der Waals surface area contributed by atoms with E-state index in [9.17, 15) is 8.42 Å². The lowest BCUT2D eigenvalue weighted by Crippen LogP contribution is -2.50. The normalized spacial score (nSPS) is 18.2. The second-order valence-electron chi connectivity index (χ2n) is 7.78. The fourth-order valence-electron chi connectivity index (χ4n) is 3.54. The number of sulfonamides is 1. The van der Waals surface area contributed by atoms with E-state index in [1.54, 1.807) is 8.99 Å². The molecule has 1 atom stereocenters. The molecular formula is C19H37N7O2S. The second kappa shape index (κ2) is 10.9. The fourth-order valence-corrected chi connectivity index (χ4v) is 5.08. The number of likely N-dealkylation sites (N-methyl/N-ethyl adjacent to an activating group) is 1. The van der Waals surface area contributed by atoms with Gasteiger partial charge in [-0.2, -0.15) is 5.10 Å². The average Bonchev–Trinajstić information content (AvgIpc) is 3.08. The van der Waals surface area contributed by atoms with E-state index < -0.39 is 10.0 Å². The standard InChI is InChI=1S/C19H37N7O2S/c1-6-12-29(27,28)26-10-8-17(9-11-26)23-19(20-7-2)21-14-18(24(3)4)16-13-22-25(5)15-16/h13,15,17-18H,6-12,14H2,1-5H3,(H2,20,21,23). The first-order chi connectivity index (χ1) is 13.8. The van der Waals surface area contributed by atoms with Gasteiger partial charge in [-0.25, -0.2) is 12.7 Å². The van der Waals surface area contributed by atoms with Crippen LogP contribution in [0.15, 0.2) is 17.4 Å². The van der Waals surface area contributed by atoms with E-state index in [1.807, 2.05) is 47.4 Å². The third-order valence-electron chi connectivity index (χ3n) is 5.15. The summed E-state index contributed by atoms with van der Waals surface area (Å²) >= 11 is 0. The van der Waals surface area contributed by atoms with Gasteiger partial charge in [-0.05, 0) is 40.3 Å². The molecule has 1 unspecified atom stereocenters. The van der Waals surface area contributed by atoms with Crippen LogP contribution in [0.2, 0.25) is 0 Å². The predicted octanol–water partition coefficient (Wildman–Crippen LogP) is 0.782. The molecule has 9 nitrogen and oxygen atoms in total. The van der Waals surface area contributed by atoms with Crippen molar-refractivity contribution in [3.05, 3.63) is 18.0 Å². The number of aromatic nitrogens is 2. The number of hydrogen-bond acceptors (Lipinski definition) is 5. The van der Waals surface area contributed by atoms with Crippen LogP contribution in [0.25, 0.3) is 0 Å². The largest absolute Gasteiger partial charge is 0.357 e. The minimum Gasteiger partial charge on any atom is -0.357 e. The first-order valence-corrected chi connectivity index (χ1v) is 12.0. The lowest BCUT2D eigenvalue weighted by molar-refractivity contribution is 0.301. The topological polar surface area (TPSA) is 94.9 Å². The van der Waals surface area contributed by atoms with Crippen LogP contribution in [0.4, 0.5) is 0 Å². The maximum atomic E-state index is 12.3. The molecule has 10 heteroatoms. The molecule has 0 amide bonds. The Labute approximate surface area is 175 Å². The molecular weight excluding hydrogens is 390 g/mol. The molecule has 0 bridgehead atoms. The van der Waals surface area contributed by atoms with Crippen molar-refractivity contribution < 1.29 is 8.42 Å². The zero-order valence-electron chi connectivity index (χ0n) is 18.4. The van der Waals surface area contributed by atoms with Crippen LogP contribution >= 0.6 is 0 Å². The number of aliphatic imine (C=N–C) groups is 1. The maximum Gasteiger partial charge on any atom is 0.214 e. The molecule has 2 rings (SSSR count). The lowest BCUT2D eigenvalue weighted by Gasteiger charge is -2.32. The first kappa shape index (κ1) is 23.6. The second-order valence-corrected chi connectivity index (χ2v) is 9.87. The quantitative estimate of drug-likeness (QED) is 0.447. The van der Waals surface area contributed by atoms with Gasteiger partial charge >= 0.3 is 0 Å². The molecule has 0 spiro atoms. The van der Waals surface area contributed by atoms with Gasteiger partial charge in [0.25, 0.3) is 0 Å². The molecule has 1 aromatic heterocycles. The average molecular weight is 428 g/mol. The van der Waals surface area contributed by atoms with E-state index in [2.05, 4.69) is 20.6 Å². The number of hydrogen-bond donors (Lipinski definition) is 2. The van der Waals surface area contributed by atoms with Gasteiger partial charge in [-0.1, -0.05) is 6.92 Å². The fraction of sp³-hybridized carbons (Fsp3) is 0.789. The number of nitrogens with zero attached hydrogens (tertiary/aromatic N) is 5. The van der Waals surface area contributed by atoms with Crippen molar-refractivity contribution in [2.75, 3.05) is 46.0 Å². The summed E-state index contributed by atoms with van der Waals surface area (Å²) < 4.78 is 27.9. The van der Waals surface area contributed by atoms with E-state index in [1.165, 1.54) is 0 Å². The Balaban J connectivity index is 1.97. The summed E-state index contributed by atoms with van der Waals surface area (Å²) in [6.45, 7) is 6.46. The molecule has 1 aromatic rings. The summed E-state index contributed by atoms with van der Waals surface area (Å²) in [5, 5.41) is 11.1. The smallest absolute Gasteiger partial charge is 0.214 e. The summed E-state index contributed by atoms with van der Waals surface area (Å²) in [5.74, 6) is 1.01. The van der Waals surface area contributed by atoms with Crippen LogP contribution in [-0.2, 0) is 17.1 Å². The van der Waals surface area contributed by atoms with Crippen LogP contribution in [0.1, 0.15) is 44.7 Å². The lowest BCUT2D eigenvalue weighted by atomic mass is 10.1. The van der Waals surface area contributed by atoms with Crippen molar-refractivity contribution >= 4 is 16.0 Å². The predicted molar refractivity (Wildman–Crippen MR) is 117 cm³/mol. The Hall–Kier alpha value is -1.65. The molecule has 0 aromatic carbocycles. The number of nitrogens with one attached hydrogen (secondary N) is 2. The van der Waals surface area contributed by atoms with E-state index in [4.69, 9.17) is 4.99 Å². The third kappa shape index (κ3) is 6.97. The van der Waals surface area contributed by atoms with Gasteiger partial charge in [0.1, 0.15) is 0 Å². The van der Waals surface area contributed by atoms with Crippen molar-refractivity contribution in [3.8, 4) is 0 Å². The van der Waals surface area contributed by atoms with Gasteiger partial charge in [-0.3, -0.25) is 9.67 Å². The molecule has 0 radical (unpaired) electrons. The molecule has 0 aliphatic carbocycles. The highest BCUT2D eigenvalue weighted by atomic mass is 32.2. The molecule has 2 N–H and O–H groups in total. The number of guanidine groups is 1. The summed E-state index contributed by atoms with van der Waals surface area (Å²) in [5.41, 5.74) is 1.13. The highest BCUT2D eigenvalue weighted by molar-refractivity contribution is 7.89. The zero-order valence-corrected chi connectivity index (χ0v) is 19.2. The molecule has 1 saturated heterocycles. The highest BCUT2D eigenvalue weighted by Gasteiger charge is 2.27. The Kier molecular flexibility index (Phi) is 8.91. The van der Waals surface area contributed by atoms with Crippen molar-refractivity contribution in [2.45, 2.75) is 45.2 Å². The molecule has 1 aliphatic rings. The van der Waals surface area contributed by atoms with Gasteiger partial charge in [0, 0.05) is 44.5 Å². The monoisotopic (exact) mass is 427 g/mol. The zero-order chi connectivity index (χ0) is 21.4. The molecule has 1 aliphatic heterocycles. The van der Waals surface area contributed by atoms with Crippen LogP contribution in [0, 0.1) is 0 Å². The van der Waals surface area contributed by atoms with E-state index in [0.717, 1.165) is 30.9 Å². The van der Waals surface area contributed by atoms with Crippen LogP contribution < -0.4 is 10.6 Å². The Bertz CT molecular complexity index is 752. The summed E-state index contributed by atoms with van der Waals surface area (Å²) in [4.78, 5) is 6.94. The van der Waals surface area contributed by atoms with Gasteiger partial charge in [0.05, 0.1) is 24.5 Å². The van der Waals surface area contributed by atoms with Gasteiger partial charge in [0.15, 0.2) is 5.96 Å². The van der Waals surface area contributed by atoms with Crippen molar-refractivity contribution in [2.24, 2.45) is 12.0 Å². The van der Waals surface area contributed by atoms with Gasteiger partial charge in [0.2, 0.25) is 10.0 Å². The van der Waals surface area contributed by atoms with E-state index in [0.29, 0.717) is 26.1 Å². The number of rotatable bonds is 9. The van der Waals surface area contributed by atoms with Crippen molar-refractivity contribution in [3.63, 3.8) is 0 Å². The summed E-state index contributed by atoms with van der Waals surface area (Å²) in [6, 6.07) is 0.359. The SMILES string of the molecule is CCCS(=O)(=O)N1CCC(NC(=NCC(c2cnn(C)c2)N(C)C)NCC)CC1. The summed E-state index contributed by atoms with van der Waals surface area (Å²) in [6.07, 6.45) is 6.13. The molecule has 2 heterocycles. The van der Waals surface area contributed by atoms with Gasteiger partial charge in [-0.15, -0.1) is 0 Å². The van der Waals surface area contributed by atoms with Gasteiger partial charge < -0.3 is 15.5 Å². The Morgan fingerprint density at radius 1 is 1.34 bits per heavy atom. The van der Waals surface area contributed by atoms with Crippen LogP contribution in [0.3, 0.4) is 0 Å². The number of aryl methyl sites for hydroxylation is 1. The Morgan fingerprint density at radius 3 is 2.55 bits per heavy atom. The van der Waals surface area contributed by atoms with Crippen molar-refractivity contribution in [1.29, 1.82) is 0 Å². The molecule has 1 fully saturated rings. The molecule has 29 heavy (non-hydrogen) atoms.